The first-order valence-electron chi connectivity index (χ1n) is 14.1. The van der Waals surface area contributed by atoms with Gasteiger partial charge in [-0.1, -0.05) is 53.5 Å². The number of ether oxygens (including phenoxy) is 1. The fourth-order valence-corrected chi connectivity index (χ4v) is 10.9. The third kappa shape index (κ3) is 2.82. The summed E-state index contributed by atoms with van der Waals surface area (Å²) >= 11 is 0. The van der Waals surface area contributed by atoms with Crippen molar-refractivity contribution < 1.29 is 14.3 Å². The number of esters is 1. The van der Waals surface area contributed by atoms with E-state index in [-0.39, 0.29) is 34.1 Å². The molecule has 0 aromatic rings. The predicted octanol–water partition coefficient (Wildman–Crippen LogP) is 7.39. The van der Waals surface area contributed by atoms with Crippen molar-refractivity contribution in [3.63, 3.8) is 0 Å². The van der Waals surface area contributed by atoms with E-state index in [9.17, 15) is 9.59 Å². The Balaban J connectivity index is 1.63. The maximum Gasteiger partial charge on any atom is 0.311 e. The van der Waals surface area contributed by atoms with Crippen molar-refractivity contribution in [2.75, 3.05) is 7.11 Å². The number of rotatable bonds is 1. The van der Waals surface area contributed by atoms with Gasteiger partial charge in [-0.05, 0) is 110 Å². The number of methoxy groups -OCH3 is 1. The molecule has 4 fully saturated rings. The van der Waals surface area contributed by atoms with Crippen molar-refractivity contribution in [2.45, 2.75) is 106 Å². The number of allylic oxidation sites excluding steroid dienone is 2. The highest BCUT2D eigenvalue weighted by Gasteiger charge is 2.70. The van der Waals surface area contributed by atoms with Gasteiger partial charge in [-0.3, -0.25) is 9.59 Å². The molecule has 0 bridgehead atoms. The molecule has 0 aliphatic heterocycles. The van der Waals surface area contributed by atoms with Crippen molar-refractivity contribution in [3.8, 4) is 0 Å². The maximum absolute atomic E-state index is 14.3. The van der Waals surface area contributed by atoms with Crippen LogP contribution in [0.15, 0.2) is 11.6 Å². The first-order chi connectivity index (χ1) is 15.8. The zero-order valence-electron chi connectivity index (χ0n) is 23.1. The molecule has 5 rings (SSSR count). The minimum absolute atomic E-state index is 0.00235. The van der Waals surface area contributed by atoms with E-state index >= 15 is 0 Å². The number of fused-ring (bicyclic) bond motifs is 7. The van der Waals surface area contributed by atoms with Crippen LogP contribution in [0.1, 0.15) is 106 Å². The Hall–Kier alpha value is -1.12. The molecule has 4 saturated carbocycles. The number of carbonyl (C=O) groups excluding carboxylic acids is 2. The van der Waals surface area contributed by atoms with Crippen LogP contribution in [0.4, 0.5) is 0 Å². The Kier molecular flexibility index (Phi) is 5.38. The van der Waals surface area contributed by atoms with Crippen molar-refractivity contribution >= 4 is 11.8 Å². The molecule has 10 atom stereocenters. The maximum atomic E-state index is 14.3. The third-order valence-corrected chi connectivity index (χ3v) is 13.2. The topological polar surface area (TPSA) is 43.4 Å². The Labute approximate surface area is 207 Å². The van der Waals surface area contributed by atoms with Crippen molar-refractivity contribution in [3.05, 3.63) is 11.6 Å². The van der Waals surface area contributed by atoms with Gasteiger partial charge in [-0.25, -0.2) is 0 Å². The fourth-order valence-electron chi connectivity index (χ4n) is 10.9. The highest BCUT2D eigenvalue weighted by atomic mass is 16.5. The number of carbonyl (C=O) groups is 2. The lowest BCUT2D eigenvalue weighted by Crippen LogP contribution is -2.66. The van der Waals surface area contributed by atoms with Crippen LogP contribution < -0.4 is 0 Å². The molecule has 0 heterocycles. The van der Waals surface area contributed by atoms with E-state index in [1.807, 2.05) is 0 Å². The quantitative estimate of drug-likeness (QED) is 0.377. The highest BCUT2D eigenvalue weighted by molar-refractivity contribution is 5.96. The molecule has 34 heavy (non-hydrogen) atoms. The standard InChI is InChI=1S/C31H48O3/c1-19-10-14-27(3)16-17-30(6)21(24(27)20(19)2)18-22(32)25-28(4)12-9-13-29(5,26(33)34-8)23(28)11-15-31(25,30)7/h18-20,23-25H,9-17H2,1-8H3/t19-,20+,23-,24+,25-,27-,28+,29+,30-,31-/m1/s1. The van der Waals surface area contributed by atoms with E-state index in [0.717, 1.165) is 32.1 Å². The average molecular weight is 469 g/mol. The van der Waals surface area contributed by atoms with Gasteiger partial charge >= 0.3 is 5.97 Å². The normalized spacial score (nSPS) is 54.6. The van der Waals surface area contributed by atoms with E-state index in [1.54, 1.807) is 0 Å². The summed E-state index contributed by atoms with van der Waals surface area (Å²) in [6.07, 6.45) is 12.2. The van der Waals surface area contributed by atoms with Crippen LogP contribution >= 0.6 is 0 Å². The van der Waals surface area contributed by atoms with Gasteiger partial charge < -0.3 is 4.74 Å². The van der Waals surface area contributed by atoms with Crippen LogP contribution in [-0.4, -0.2) is 18.9 Å². The summed E-state index contributed by atoms with van der Waals surface area (Å²) in [7, 11) is 1.53. The minimum Gasteiger partial charge on any atom is -0.469 e. The van der Waals surface area contributed by atoms with E-state index < -0.39 is 5.41 Å². The van der Waals surface area contributed by atoms with Gasteiger partial charge in [-0.2, -0.15) is 0 Å². The Morgan fingerprint density at radius 2 is 1.65 bits per heavy atom. The third-order valence-electron chi connectivity index (χ3n) is 13.2. The van der Waals surface area contributed by atoms with Crippen LogP contribution in [-0.2, 0) is 14.3 Å². The van der Waals surface area contributed by atoms with Gasteiger partial charge in [0.2, 0.25) is 0 Å². The monoisotopic (exact) mass is 468 g/mol. The highest BCUT2D eigenvalue weighted by Crippen LogP contribution is 2.75. The molecule has 0 radical (unpaired) electrons. The second-order valence-corrected chi connectivity index (χ2v) is 14.6. The Morgan fingerprint density at radius 1 is 0.941 bits per heavy atom. The predicted molar refractivity (Wildman–Crippen MR) is 136 cm³/mol. The lowest BCUT2D eigenvalue weighted by molar-refractivity contribution is -0.198. The van der Waals surface area contributed by atoms with Crippen LogP contribution in [0, 0.1) is 56.7 Å². The van der Waals surface area contributed by atoms with Crippen LogP contribution in [0.2, 0.25) is 0 Å². The summed E-state index contributed by atoms with van der Waals surface area (Å²) in [6, 6.07) is 0. The molecule has 0 N–H and O–H groups in total. The zero-order valence-corrected chi connectivity index (χ0v) is 23.1. The molecule has 190 valence electrons. The molecule has 0 unspecified atom stereocenters. The SMILES string of the molecule is COC(=O)[C@@]1(C)CCC[C@@]2(C)[C@H]1CC[C@]1(C)[C@@H]2C(=O)C=C2[C@@H]3[C@@H](C)[C@H](C)CC[C@]3(C)CC[C@]21C. The summed E-state index contributed by atoms with van der Waals surface area (Å²) in [4.78, 5) is 27.4. The lowest BCUT2D eigenvalue weighted by atomic mass is 9.33. The van der Waals surface area contributed by atoms with Crippen LogP contribution in [0.5, 0.6) is 0 Å². The number of hydrogen-bond acceptors (Lipinski definition) is 3. The molecular formula is C31H48O3. The van der Waals surface area contributed by atoms with Gasteiger partial charge in [0.25, 0.3) is 0 Å². The van der Waals surface area contributed by atoms with E-state index in [2.05, 4.69) is 54.5 Å². The smallest absolute Gasteiger partial charge is 0.311 e. The summed E-state index contributed by atoms with van der Waals surface area (Å²) in [5.41, 5.74) is 1.22. The van der Waals surface area contributed by atoms with Gasteiger partial charge in [0.05, 0.1) is 12.5 Å². The summed E-state index contributed by atoms with van der Waals surface area (Å²) in [5.74, 6) is 2.37. The molecule has 3 heteroatoms. The molecule has 5 aliphatic carbocycles. The molecule has 3 nitrogen and oxygen atoms in total. The van der Waals surface area contributed by atoms with E-state index in [0.29, 0.717) is 29.0 Å². The summed E-state index contributed by atoms with van der Waals surface area (Å²) in [5, 5.41) is 0. The molecule has 5 aliphatic rings. The summed E-state index contributed by atoms with van der Waals surface area (Å²) < 4.78 is 5.34. The van der Waals surface area contributed by atoms with Crippen LogP contribution in [0.3, 0.4) is 0 Å². The molecular weight excluding hydrogens is 420 g/mol. The van der Waals surface area contributed by atoms with Gasteiger partial charge in [0, 0.05) is 5.92 Å². The zero-order chi connectivity index (χ0) is 24.9. The first-order valence-corrected chi connectivity index (χ1v) is 14.1. The number of ketones is 1. The Morgan fingerprint density at radius 3 is 2.32 bits per heavy atom. The first kappa shape index (κ1) is 24.6. The van der Waals surface area contributed by atoms with Crippen molar-refractivity contribution in [1.29, 1.82) is 0 Å². The van der Waals surface area contributed by atoms with Gasteiger partial charge in [0.15, 0.2) is 5.78 Å². The van der Waals surface area contributed by atoms with E-state index in [4.69, 9.17) is 4.74 Å². The second kappa shape index (κ2) is 7.45. The lowest BCUT2D eigenvalue weighted by Gasteiger charge is -2.70. The van der Waals surface area contributed by atoms with Crippen LogP contribution in [0.25, 0.3) is 0 Å². The molecule has 0 spiro atoms. The molecule has 0 aromatic carbocycles. The molecule has 0 amide bonds. The fraction of sp³-hybridized carbons (Fsp3) is 0.871. The number of hydrogen-bond donors (Lipinski definition) is 0. The van der Waals surface area contributed by atoms with E-state index in [1.165, 1.54) is 38.4 Å². The van der Waals surface area contributed by atoms with Gasteiger partial charge in [0.1, 0.15) is 0 Å². The summed E-state index contributed by atoms with van der Waals surface area (Å²) in [6.45, 7) is 16.9. The van der Waals surface area contributed by atoms with Crippen molar-refractivity contribution in [1.82, 2.24) is 0 Å². The minimum atomic E-state index is -0.479. The molecule has 0 aromatic heterocycles. The largest absolute Gasteiger partial charge is 0.469 e. The molecule has 0 saturated heterocycles. The average Bonchev–Trinajstić information content (AvgIpc) is 2.77. The second-order valence-electron chi connectivity index (χ2n) is 14.6. The Bertz CT molecular complexity index is 935. The van der Waals surface area contributed by atoms with Gasteiger partial charge in [-0.15, -0.1) is 0 Å². The van der Waals surface area contributed by atoms with Crippen molar-refractivity contribution in [2.24, 2.45) is 56.7 Å².